The van der Waals surface area contributed by atoms with E-state index in [4.69, 9.17) is 9.72 Å². The zero-order chi connectivity index (χ0) is 22.2. The lowest BCUT2D eigenvalue weighted by atomic mass is 9.87. The minimum atomic E-state index is -0.429. The minimum Gasteiger partial charge on any atom is -0.457 e. The number of hydrogen-bond donors (Lipinski definition) is 1. The number of rotatable bonds is 4. The van der Waals surface area contributed by atoms with E-state index in [1.54, 1.807) is 11.3 Å². The van der Waals surface area contributed by atoms with Gasteiger partial charge in [-0.25, -0.2) is 4.98 Å². The van der Waals surface area contributed by atoms with Crippen LogP contribution in [0, 0.1) is 0 Å². The predicted octanol–water partition coefficient (Wildman–Crippen LogP) is 5.58. The third kappa shape index (κ3) is 3.92. The Morgan fingerprint density at radius 1 is 0.970 bits per heavy atom. The fourth-order valence-corrected chi connectivity index (χ4v) is 5.70. The lowest BCUT2D eigenvalue weighted by Gasteiger charge is -2.27. The van der Waals surface area contributed by atoms with Crippen LogP contribution in [-0.4, -0.2) is 22.3 Å². The molecule has 2 aliphatic rings. The molecule has 0 fully saturated rings. The van der Waals surface area contributed by atoms with Gasteiger partial charge in [0.1, 0.15) is 11.5 Å². The van der Waals surface area contributed by atoms with Crippen molar-refractivity contribution in [1.82, 2.24) is 9.88 Å². The molecule has 33 heavy (non-hydrogen) atoms. The maximum atomic E-state index is 13.5. The van der Waals surface area contributed by atoms with E-state index >= 15 is 0 Å². The number of fused-ring (bicyclic) bond motifs is 3. The molecule has 0 bridgehead atoms. The van der Waals surface area contributed by atoms with E-state index in [1.165, 1.54) is 10.4 Å². The SMILES string of the molecule is O=C(Nc1nc2c(s1)CN(Cc1ccccc1)CC2)C1c2ccccc2Oc2ccccc21. The fourth-order valence-electron chi connectivity index (χ4n) is 4.65. The van der Waals surface area contributed by atoms with Crippen molar-refractivity contribution in [3.8, 4) is 11.5 Å². The topological polar surface area (TPSA) is 54.5 Å². The number of para-hydroxylation sites is 2. The summed E-state index contributed by atoms with van der Waals surface area (Å²) in [5, 5.41) is 3.78. The number of hydrogen-bond acceptors (Lipinski definition) is 5. The summed E-state index contributed by atoms with van der Waals surface area (Å²) < 4.78 is 6.04. The van der Waals surface area contributed by atoms with Crippen LogP contribution >= 0.6 is 11.3 Å². The lowest BCUT2D eigenvalue weighted by molar-refractivity contribution is -0.116. The van der Waals surface area contributed by atoms with Gasteiger partial charge in [-0.2, -0.15) is 0 Å². The number of anilines is 1. The van der Waals surface area contributed by atoms with Gasteiger partial charge in [-0.15, -0.1) is 11.3 Å². The van der Waals surface area contributed by atoms with Gasteiger partial charge in [-0.05, 0) is 17.7 Å². The van der Waals surface area contributed by atoms with Gasteiger partial charge in [0.25, 0.3) is 0 Å². The molecule has 0 aliphatic carbocycles. The molecule has 3 aromatic carbocycles. The van der Waals surface area contributed by atoms with E-state index in [2.05, 4.69) is 34.5 Å². The van der Waals surface area contributed by atoms with Crippen molar-refractivity contribution in [2.75, 3.05) is 11.9 Å². The summed E-state index contributed by atoms with van der Waals surface area (Å²) in [6, 6.07) is 26.0. The molecule has 4 aromatic rings. The van der Waals surface area contributed by atoms with Crippen LogP contribution in [0.3, 0.4) is 0 Å². The van der Waals surface area contributed by atoms with Gasteiger partial charge in [0, 0.05) is 42.1 Å². The van der Waals surface area contributed by atoms with Crippen LogP contribution in [0.2, 0.25) is 0 Å². The molecule has 5 nitrogen and oxygen atoms in total. The van der Waals surface area contributed by atoms with Crippen molar-refractivity contribution in [3.05, 3.63) is 106 Å². The Bertz CT molecular complexity index is 1270. The first-order valence-electron chi connectivity index (χ1n) is 11.2. The van der Waals surface area contributed by atoms with Gasteiger partial charge in [0.15, 0.2) is 5.13 Å². The molecule has 6 heteroatoms. The number of benzene rings is 3. The highest BCUT2D eigenvalue weighted by atomic mass is 32.1. The van der Waals surface area contributed by atoms with Crippen molar-refractivity contribution in [1.29, 1.82) is 0 Å². The van der Waals surface area contributed by atoms with E-state index in [0.717, 1.165) is 54.4 Å². The number of carbonyl (C=O) groups is 1. The molecule has 1 aromatic heterocycles. The summed E-state index contributed by atoms with van der Waals surface area (Å²) in [5.41, 5.74) is 4.18. The second-order valence-corrected chi connectivity index (χ2v) is 9.52. The molecular formula is C27H23N3O2S. The number of ether oxygens (including phenoxy) is 1. The van der Waals surface area contributed by atoms with Gasteiger partial charge >= 0.3 is 0 Å². The highest BCUT2D eigenvalue weighted by molar-refractivity contribution is 7.15. The summed E-state index contributed by atoms with van der Waals surface area (Å²) in [4.78, 5) is 21.9. The summed E-state index contributed by atoms with van der Waals surface area (Å²) in [6.07, 6.45) is 0.900. The van der Waals surface area contributed by atoms with Crippen molar-refractivity contribution in [2.45, 2.75) is 25.4 Å². The molecule has 0 saturated carbocycles. The molecule has 164 valence electrons. The normalized spacial score (nSPS) is 15.2. The van der Waals surface area contributed by atoms with Crippen LogP contribution in [0.5, 0.6) is 11.5 Å². The molecule has 0 spiro atoms. The number of aromatic nitrogens is 1. The second-order valence-electron chi connectivity index (χ2n) is 8.44. The third-order valence-corrected chi connectivity index (χ3v) is 7.23. The summed E-state index contributed by atoms with van der Waals surface area (Å²) >= 11 is 1.59. The van der Waals surface area contributed by atoms with E-state index < -0.39 is 5.92 Å². The van der Waals surface area contributed by atoms with Crippen molar-refractivity contribution in [2.24, 2.45) is 0 Å². The largest absolute Gasteiger partial charge is 0.457 e. The van der Waals surface area contributed by atoms with E-state index in [9.17, 15) is 4.79 Å². The molecule has 6 rings (SSSR count). The molecule has 0 saturated heterocycles. The highest BCUT2D eigenvalue weighted by Crippen LogP contribution is 2.44. The molecule has 1 amide bonds. The molecule has 0 radical (unpaired) electrons. The number of carbonyl (C=O) groups excluding carboxylic acids is 1. The van der Waals surface area contributed by atoms with Gasteiger partial charge in [0.2, 0.25) is 5.91 Å². The molecule has 2 aliphatic heterocycles. The van der Waals surface area contributed by atoms with Crippen LogP contribution in [0.1, 0.15) is 33.2 Å². The Kier molecular flexibility index (Phi) is 5.17. The summed E-state index contributed by atoms with van der Waals surface area (Å²) in [5.74, 6) is 0.949. The first-order chi connectivity index (χ1) is 16.2. The average molecular weight is 454 g/mol. The second kappa shape index (κ2) is 8.46. The Morgan fingerprint density at radius 3 is 2.36 bits per heavy atom. The Balaban J connectivity index is 1.22. The van der Waals surface area contributed by atoms with E-state index in [-0.39, 0.29) is 5.91 Å². The van der Waals surface area contributed by atoms with Crippen molar-refractivity contribution >= 4 is 22.4 Å². The molecule has 0 unspecified atom stereocenters. The highest BCUT2D eigenvalue weighted by Gasteiger charge is 2.33. The molecular weight excluding hydrogens is 430 g/mol. The van der Waals surface area contributed by atoms with E-state index in [1.807, 2.05) is 54.6 Å². The van der Waals surface area contributed by atoms with Crippen LogP contribution in [0.4, 0.5) is 5.13 Å². The van der Waals surface area contributed by atoms with Gasteiger partial charge in [-0.3, -0.25) is 9.69 Å². The molecule has 3 heterocycles. The quantitative estimate of drug-likeness (QED) is 0.438. The van der Waals surface area contributed by atoms with Crippen LogP contribution < -0.4 is 10.1 Å². The molecule has 1 N–H and O–H groups in total. The maximum absolute atomic E-state index is 13.5. The zero-order valence-electron chi connectivity index (χ0n) is 18.0. The Hall–Kier alpha value is -3.48. The zero-order valence-corrected chi connectivity index (χ0v) is 18.8. The summed E-state index contributed by atoms with van der Waals surface area (Å²) in [7, 11) is 0. The van der Waals surface area contributed by atoms with Crippen LogP contribution in [0.15, 0.2) is 78.9 Å². The number of nitrogens with one attached hydrogen (secondary N) is 1. The van der Waals surface area contributed by atoms with Crippen LogP contribution in [-0.2, 0) is 24.3 Å². The number of thiazole rings is 1. The van der Waals surface area contributed by atoms with Crippen molar-refractivity contribution < 1.29 is 9.53 Å². The summed E-state index contributed by atoms with van der Waals surface area (Å²) in [6.45, 7) is 2.76. The van der Waals surface area contributed by atoms with E-state index in [0.29, 0.717) is 5.13 Å². The number of amides is 1. The first-order valence-corrected chi connectivity index (χ1v) is 12.0. The maximum Gasteiger partial charge on any atom is 0.238 e. The standard InChI is InChI=1S/C27H23N3O2S/c31-26(25-19-10-4-6-12-22(19)32-23-13-7-5-11-20(23)25)29-27-28-21-14-15-30(17-24(21)33-27)16-18-8-2-1-3-9-18/h1-13,25H,14-17H2,(H,28,29,31). The monoisotopic (exact) mass is 453 g/mol. The smallest absolute Gasteiger partial charge is 0.238 e. The predicted molar refractivity (Wildman–Crippen MR) is 130 cm³/mol. The first kappa shape index (κ1) is 20.1. The fraction of sp³-hybridized carbons (Fsp3) is 0.185. The van der Waals surface area contributed by atoms with Gasteiger partial charge in [0.05, 0.1) is 11.6 Å². The lowest BCUT2D eigenvalue weighted by Crippen LogP contribution is -2.29. The van der Waals surface area contributed by atoms with Crippen LogP contribution in [0.25, 0.3) is 0 Å². The minimum absolute atomic E-state index is 0.0783. The third-order valence-electron chi connectivity index (χ3n) is 6.23. The van der Waals surface area contributed by atoms with Gasteiger partial charge < -0.3 is 10.1 Å². The number of nitrogens with zero attached hydrogens (tertiary/aromatic N) is 2. The Labute approximate surface area is 196 Å². The average Bonchev–Trinajstić information content (AvgIpc) is 3.24. The van der Waals surface area contributed by atoms with Gasteiger partial charge in [-0.1, -0.05) is 66.7 Å². The Morgan fingerprint density at radius 2 is 1.64 bits per heavy atom. The molecule has 0 atom stereocenters. The van der Waals surface area contributed by atoms with Crippen molar-refractivity contribution in [3.63, 3.8) is 0 Å².